The van der Waals surface area contributed by atoms with Gasteiger partial charge < -0.3 is 9.80 Å². The number of hydrogen-bond donors (Lipinski definition) is 0. The van der Waals surface area contributed by atoms with E-state index in [1.54, 1.807) is 0 Å². The highest BCUT2D eigenvalue weighted by atomic mass is 35.5. The summed E-state index contributed by atoms with van der Waals surface area (Å²) in [6.45, 7) is 5.10. The van der Waals surface area contributed by atoms with Crippen LogP contribution in [0.25, 0.3) is 0 Å². The first-order valence-electron chi connectivity index (χ1n) is 6.99. The molecule has 110 valence electrons. The number of amides is 1. The zero-order valence-electron chi connectivity index (χ0n) is 11.9. The van der Waals surface area contributed by atoms with Crippen molar-refractivity contribution < 1.29 is 4.79 Å². The predicted molar refractivity (Wildman–Crippen MR) is 88.6 cm³/mol. The van der Waals surface area contributed by atoms with Crippen molar-refractivity contribution in [2.75, 3.05) is 31.1 Å². The standard InChI is InChI=1S/C16H17ClN2OS/c1-12-6-11-21-15(12)16(20)19-9-7-18(8-10-19)14-5-3-2-4-13(14)17/h2-6,11H,7-10H2,1H3. The first-order valence-corrected chi connectivity index (χ1v) is 8.25. The molecular weight excluding hydrogens is 304 g/mol. The molecule has 0 atom stereocenters. The Labute approximate surface area is 133 Å². The summed E-state index contributed by atoms with van der Waals surface area (Å²) in [6, 6.07) is 9.86. The summed E-state index contributed by atoms with van der Waals surface area (Å²) in [5, 5.41) is 2.74. The molecule has 21 heavy (non-hydrogen) atoms. The highest BCUT2D eigenvalue weighted by Crippen LogP contribution is 2.26. The maximum atomic E-state index is 12.5. The Morgan fingerprint density at radius 1 is 1.14 bits per heavy atom. The van der Waals surface area contributed by atoms with Gasteiger partial charge in [0, 0.05) is 26.2 Å². The number of benzene rings is 1. The van der Waals surface area contributed by atoms with E-state index >= 15 is 0 Å². The molecule has 1 aliphatic rings. The Bertz CT molecular complexity index is 647. The van der Waals surface area contributed by atoms with Gasteiger partial charge in [-0.15, -0.1) is 11.3 Å². The largest absolute Gasteiger partial charge is 0.367 e. The summed E-state index contributed by atoms with van der Waals surface area (Å²) in [7, 11) is 0. The van der Waals surface area contributed by atoms with E-state index in [1.165, 1.54) is 11.3 Å². The summed E-state index contributed by atoms with van der Waals surface area (Å²) in [5.41, 5.74) is 2.12. The fraction of sp³-hybridized carbons (Fsp3) is 0.312. The Kier molecular flexibility index (Phi) is 4.17. The second kappa shape index (κ2) is 6.08. The lowest BCUT2D eigenvalue weighted by Crippen LogP contribution is -2.48. The van der Waals surface area contributed by atoms with Crippen molar-refractivity contribution >= 4 is 34.5 Å². The maximum Gasteiger partial charge on any atom is 0.264 e. The minimum Gasteiger partial charge on any atom is -0.367 e. The number of carbonyl (C=O) groups excluding carboxylic acids is 1. The first kappa shape index (κ1) is 14.4. The molecular formula is C16H17ClN2OS. The van der Waals surface area contributed by atoms with Crippen LogP contribution in [0.5, 0.6) is 0 Å². The van der Waals surface area contributed by atoms with Crippen molar-refractivity contribution in [3.63, 3.8) is 0 Å². The second-order valence-electron chi connectivity index (χ2n) is 5.16. The zero-order valence-corrected chi connectivity index (χ0v) is 13.5. The Morgan fingerprint density at radius 2 is 1.86 bits per heavy atom. The molecule has 1 fully saturated rings. The summed E-state index contributed by atoms with van der Waals surface area (Å²) < 4.78 is 0. The smallest absolute Gasteiger partial charge is 0.264 e. The third-order valence-corrected chi connectivity index (χ3v) is 5.14. The zero-order chi connectivity index (χ0) is 14.8. The molecule has 2 aromatic rings. The van der Waals surface area contributed by atoms with Crippen LogP contribution < -0.4 is 4.90 Å². The highest BCUT2D eigenvalue weighted by molar-refractivity contribution is 7.12. The number of para-hydroxylation sites is 1. The fourth-order valence-electron chi connectivity index (χ4n) is 2.59. The molecule has 1 saturated heterocycles. The van der Waals surface area contributed by atoms with Crippen LogP contribution in [0.1, 0.15) is 15.2 Å². The van der Waals surface area contributed by atoms with Gasteiger partial charge in [0.25, 0.3) is 5.91 Å². The Morgan fingerprint density at radius 3 is 2.48 bits per heavy atom. The number of carbonyl (C=O) groups is 1. The second-order valence-corrected chi connectivity index (χ2v) is 6.49. The summed E-state index contributed by atoms with van der Waals surface area (Å²) in [4.78, 5) is 17.5. The van der Waals surface area contributed by atoms with Crippen LogP contribution in [-0.4, -0.2) is 37.0 Å². The molecule has 0 radical (unpaired) electrons. The maximum absolute atomic E-state index is 12.5. The van der Waals surface area contributed by atoms with E-state index in [1.807, 2.05) is 47.5 Å². The molecule has 1 aliphatic heterocycles. The van der Waals surface area contributed by atoms with Crippen molar-refractivity contribution in [3.05, 3.63) is 51.2 Å². The lowest BCUT2D eigenvalue weighted by molar-refractivity contribution is 0.0751. The minimum atomic E-state index is 0.154. The van der Waals surface area contributed by atoms with Crippen molar-refractivity contribution in [2.24, 2.45) is 0 Å². The van der Waals surface area contributed by atoms with E-state index in [2.05, 4.69) is 4.90 Å². The van der Waals surface area contributed by atoms with Crippen LogP contribution in [-0.2, 0) is 0 Å². The van der Waals surface area contributed by atoms with Gasteiger partial charge in [-0.2, -0.15) is 0 Å². The number of hydrogen-bond acceptors (Lipinski definition) is 3. The van der Waals surface area contributed by atoms with Gasteiger partial charge in [-0.25, -0.2) is 0 Å². The van der Waals surface area contributed by atoms with Crippen molar-refractivity contribution in [1.82, 2.24) is 4.90 Å². The molecule has 0 saturated carbocycles. The Hall–Kier alpha value is -1.52. The summed E-state index contributed by atoms with van der Waals surface area (Å²) in [6.07, 6.45) is 0. The SMILES string of the molecule is Cc1ccsc1C(=O)N1CCN(c2ccccc2Cl)CC1. The molecule has 5 heteroatoms. The van der Waals surface area contributed by atoms with E-state index < -0.39 is 0 Å². The number of piperazine rings is 1. The fourth-order valence-corrected chi connectivity index (χ4v) is 3.74. The van der Waals surface area contributed by atoms with Gasteiger partial charge in [0.15, 0.2) is 0 Å². The van der Waals surface area contributed by atoms with E-state index in [0.29, 0.717) is 0 Å². The average Bonchev–Trinajstić information content (AvgIpc) is 2.93. The summed E-state index contributed by atoms with van der Waals surface area (Å²) in [5.74, 6) is 0.154. The third kappa shape index (κ3) is 2.92. The molecule has 1 amide bonds. The van der Waals surface area contributed by atoms with Crippen LogP contribution >= 0.6 is 22.9 Å². The monoisotopic (exact) mass is 320 g/mol. The van der Waals surface area contributed by atoms with E-state index in [0.717, 1.165) is 47.3 Å². The van der Waals surface area contributed by atoms with Gasteiger partial charge >= 0.3 is 0 Å². The van der Waals surface area contributed by atoms with Crippen molar-refractivity contribution in [3.8, 4) is 0 Å². The quantitative estimate of drug-likeness (QED) is 0.843. The van der Waals surface area contributed by atoms with Gasteiger partial charge in [-0.3, -0.25) is 4.79 Å². The molecule has 1 aromatic carbocycles. The number of anilines is 1. The number of rotatable bonds is 2. The third-order valence-electron chi connectivity index (χ3n) is 3.82. The lowest BCUT2D eigenvalue weighted by Gasteiger charge is -2.36. The number of nitrogens with zero attached hydrogens (tertiary/aromatic N) is 2. The number of thiophene rings is 1. The molecule has 0 aliphatic carbocycles. The van der Waals surface area contributed by atoms with Gasteiger partial charge in [0.05, 0.1) is 15.6 Å². The number of aryl methyl sites for hydroxylation is 1. The molecule has 0 bridgehead atoms. The molecule has 3 rings (SSSR count). The molecule has 2 heterocycles. The van der Waals surface area contributed by atoms with E-state index in [-0.39, 0.29) is 5.91 Å². The topological polar surface area (TPSA) is 23.6 Å². The van der Waals surface area contributed by atoms with Gasteiger partial charge in [-0.05, 0) is 36.1 Å². The van der Waals surface area contributed by atoms with Crippen molar-refractivity contribution in [1.29, 1.82) is 0 Å². The van der Waals surface area contributed by atoms with Gasteiger partial charge in [-0.1, -0.05) is 23.7 Å². The van der Waals surface area contributed by atoms with Gasteiger partial charge in [0.1, 0.15) is 0 Å². The van der Waals surface area contributed by atoms with Gasteiger partial charge in [0.2, 0.25) is 0 Å². The van der Waals surface area contributed by atoms with E-state index in [4.69, 9.17) is 11.6 Å². The normalized spacial score (nSPS) is 15.3. The van der Waals surface area contributed by atoms with Crippen LogP contribution in [0.4, 0.5) is 5.69 Å². The van der Waals surface area contributed by atoms with Crippen LogP contribution in [0.2, 0.25) is 5.02 Å². The summed E-state index contributed by atoms with van der Waals surface area (Å²) >= 11 is 7.76. The molecule has 0 N–H and O–H groups in total. The first-order chi connectivity index (χ1) is 10.2. The highest BCUT2D eigenvalue weighted by Gasteiger charge is 2.24. The van der Waals surface area contributed by atoms with E-state index in [9.17, 15) is 4.79 Å². The van der Waals surface area contributed by atoms with Crippen LogP contribution in [0.3, 0.4) is 0 Å². The van der Waals surface area contributed by atoms with Crippen LogP contribution in [0, 0.1) is 6.92 Å². The molecule has 0 spiro atoms. The van der Waals surface area contributed by atoms with Crippen molar-refractivity contribution in [2.45, 2.75) is 6.92 Å². The molecule has 0 unspecified atom stereocenters. The average molecular weight is 321 g/mol. The number of halogens is 1. The van der Waals surface area contributed by atoms with Crippen LogP contribution in [0.15, 0.2) is 35.7 Å². The predicted octanol–water partition coefficient (Wildman–Crippen LogP) is 3.67. The molecule has 3 nitrogen and oxygen atoms in total. The Balaban J connectivity index is 1.67. The minimum absolute atomic E-state index is 0.154. The molecule has 1 aromatic heterocycles. The lowest BCUT2D eigenvalue weighted by atomic mass is 10.2.